The number of benzene rings is 1. The Bertz CT molecular complexity index is 990. The maximum absolute atomic E-state index is 13.7. The maximum atomic E-state index is 13.7. The molecule has 2 heterocycles. The Kier molecular flexibility index (Phi) is 4.81. The van der Waals surface area contributed by atoms with E-state index >= 15 is 0 Å². The Morgan fingerprint density at radius 1 is 1.50 bits per heavy atom. The van der Waals surface area contributed by atoms with Gasteiger partial charge in [-0.3, -0.25) is 0 Å². The quantitative estimate of drug-likeness (QED) is 0.272. The van der Waals surface area contributed by atoms with Gasteiger partial charge >= 0.3 is 0 Å². The van der Waals surface area contributed by atoms with Crippen LogP contribution in [0.1, 0.15) is 24.1 Å². The van der Waals surface area contributed by atoms with E-state index in [4.69, 9.17) is 27.3 Å². The number of rotatable bonds is 5. The van der Waals surface area contributed by atoms with E-state index in [0.717, 1.165) is 0 Å². The van der Waals surface area contributed by atoms with Gasteiger partial charge in [-0.2, -0.15) is 5.10 Å². The molecule has 3 rings (SSSR count). The van der Waals surface area contributed by atoms with Crippen LogP contribution in [0.3, 0.4) is 0 Å². The highest BCUT2D eigenvalue weighted by atomic mass is 35.5. The van der Waals surface area contributed by atoms with Crippen molar-refractivity contribution in [3.05, 3.63) is 52.6 Å². The van der Waals surface area contributed by atoms with Crippen LogP contribution in [-0.4, -0.2) is 32.8 Å². The van der Waals surface area contributed by atoms with E-state index in [1.54, 1.807) is 12.3 Å². The number of methoxy groups -OCH3 is 1. The monoisotopic (exact) mass is 378 g/mol. The average Bonchev–Trinajstić information content (AvgIpc) is 3.03. The smallest absolute Gasteiger partial charge is 0.175 e. The second-order valence-electron chi connectivity index (χ2n) is 5.50. The summed E-state index contributed by atoms with van der Waals surface area (Å²) in [5.74, 6) is 0.305. The molecule has 1 aromatic carbocycles. The van der Waals surface area contributed by atoms with E-state index < -0.39 is 5.82 Å². The Morgan fingerprint density at radius 3 is 2.96 bits per heavy atom. The van der Waals surface area contributed by atoms with Crippen LogP contribution < -0.4 is 15.8 Å². The minimum absolute atomic E-state index is 0.101. The number of nitrogens with one attached hydrogen (secondary N) is 1. The molecule has 0 aliphatic heterocycles. The molecule has 1 atom stereocenters. The van der Waals surface area contributed by atoms with Gasteiger partial charge in [0.05, 0.1) is 29.9 Å². The van der Waals surface area contributed by atoms with Gasteiger partial charge in [0.1, 0.15) is 17.4 Å². The number of oxime groups is 1. The van der Waals surface area contributed by atoms with Crippen LogP contribution in [0.5, 0.6) is 5.75 Å². The SMILES string of the molecule is COc1c(Cl)cc(F)cc1[C@@H](C)Nc1ccn2ncc(/C(N)=N/O)c2n1. The van der Waals surface area contributed by atoms with Crippen molar-refractivity contribution >= 4 is 28.9 Å². The van der Waals surface area contributed by atoms with Gasteiger partial charge in [0, 0.05) is 11.8 Å². The van der Waals surface area contributed by atoms with Crippen LogP contribution in [0.15, 0.2) is 35.7 Å². The van der Waals surface area contributed by atoms with Crippen molar-refractivity contribution in [3.63, 3.8) is 0 Å². The molecule has 0 aliphatic rings. The standard InChI is InChI=1S/C16H16ClFN6O2/c1-8(10-5-9(18)6-12(17)14(10)26-2)21-13-3-4-24-16(22-13)11(7-20-24)15(19)23-25/h3-8,25H,1-2H3,(H2,19,23)(H,21,22)/t8-/m1/s1. The lowest BCUT2D eigenvalue weighted by atomic mass is 10.1. The lowest BCUT2D eigenvalue weighted by Crippen LogP contribution is -2.14. The highest BCUT2D eigenvalue weighted by Crippen LogP contribution is 2.34. The third-order valence-corrected chi connectivity index (χ3v) is 4.11. The first kappa shape index (κ1) is 17.7. The molecule has 0 unspecified atom stereocenters. The van der Waals surface area contributed by atoms with Gasteiger partial charge in [-0.15, -0.1) is 0 Å². The molecule has 10 heteroatoms. The summed E-state index contributed by atoms with van der Waals surface area (Å²) in [5.41, 5.74) is 6.97. The lowest BCUT2D eigenvalue weighted by Gasteiger charge is -2.19. The fraction of sp³-hybridized carbons (Fsp3) is 0.188. The highest BCUT2D eigenvalue weighted by molar-refractivity contribution is 6.32. The van der Waals surface area contributed by atoms with Gasteiger partial charge in [0.15, 0.2) is 11.5 Å². The van der Waals surface area contributed by atoms with E-state index in [1.807, 2.05) is 6.92 Å². The molecular weight excluding hydrogens is 363 g/mol. The van der Waals surface area contributed by atoms with E-state index in [1.165, 1.54) is 30.0 Å². The largest absolute Gasteiger partial charge is 0.495 e. The van der Waals surface area contributed by atoms with Crippen LogP contribution >= 0.6 is 11.6 Å². The Hall–Kier alpha value is -3.07. The Morgan fingerprint density at radius 2 is 2.27 bits per heavy atom. The molecule has 136 valence electrons. The number of aromatic nitrogens is 3. The first-order valence-corrected chi connectivity index (χ1v) is 7.94. The fourth-order valence-electron chi connectivity index (χ4n) is 2.60. The Balaban J connectivity index is 1.96. The normalized spacial score (nSPS) is 13.0. The second-order valence-corrected chi connectivity index (χ2v) is 5.91. The molecule has 0 saturated heterocycles. The summed E-state index contributed by atoms with van der Waals surface area (Å²) in [4.78, 5) is 4.42. The minimum Gasteiger partial charge on any atom is -0.495 e. The first-order chi connectivity index (χ1) is 12.4. The molecule has 3 aromatic rings. The average molecular weight is 379 g/mol. The summed E-state index contributed by atoms with van der Waals surface area (Å²) in [7, 11) is 1.47. The molecule has 8 nitrogen and oxygen atoms in total. The van der Waals surface area contributed by atoms with Crippen molar-refractivity contribution in [2.45, 2.75) is 13.0 Å². The molecule has 0 spiro atoms. The summed E-state index contributed by atoms with van der Waals surface area (Å²) >= 11 is 6.05. The third kappa shape index (κ3) is 3.21. The van der Waals surface area contributed by atoms with Crippen molar-refractivity contribution in [1.29, 1.82) is 0 Å². The van der Waals surface area contributed by atoms with Crippen LogP contribution in [0.4, 0.5) is 10.2 Å². The molecule has 26 heavy (non-hydrogen) atoms. The van der Waals surface area contributed by atoms with E-state index in [9.17, 15) is 4.39 Å². The molecule has 0 bridgehead atoms. The van der Waals surface area contributed by atoms with Gasteiger partial charge in [-0.05, 0) is 25.1 Å². The summed E-state index contributed by atoms with van der Waals surface area (Å²) < 4.78 is 20.5. The predicted molar refractivity (Wildman–Crippen MR) is 95.5 cm³/mol. The number of amidine groups is 1. The number of nitrogens with zero attached hydrogens (tertiary/aromatic N) is 4. The molecule has 2 aromatic heterocycles. The zero-order valence-electron chi connectivity index (χ0n) is 13.9. The number of halogens is 2. The van der Waals surface area contributed by atoms with Gasteiger partial charge < -0.3 is 21.0 Å². The number of anilines is 1. The predicted octanol–water partition coefficient (Wildman–Crippen LogP) is 2.80. The van der Waals surface area contributed by atoms with Crippen LogP contribution in [-0.2, 0) is 0 Å². The molecule has 0 amide bonds. The van der Waals surface area contributed by atoms with E-state index in [0.29, 0.717) is 28.3 Å². The van der Waals surface area contributed by atoms with Crippen LogP contribution in [0.25, 0.3) is 5.65 Å². The van der Waals surface area contributed by atoms with Crippen molar-refractivity contribution in [1.82, 2.24) is 14.6 Å². The number of ether oxygens (including phenoxy) is 1. The summed E-state index contributed by atoms with van der Waals surface area (Å²) in [5, 5.41) is 19.3. The molecule has 0 fully saturated rings. The van der Waals surface area contributed by atoms with Crippen molar-refractivity contribution in [2.24, 2.45) is 10.9 Å². The summed E-state index contributed by atoms with van der Waals surface area (Å²) in [6, 6.07) is 3.88. The van der Waals surface area contributed by atoms with Gasteiger partial charge in [0.25, 0.3) is 0 Å². The van der Waals surface area contributed by atoms with Gasteiger partial charge in [-0.1, -0.05) is 16.8 Å². The number of fused-ring (bicyclic) bond motifs is 1. The van der Waals surface area contributed by atoms with Gasteiger partial charge in [-0.25, -0.2) is 13.9 Å². The van der Waals surface area contributed by atoms with Crippen molar-refractivity contribution in [2.75, 3.05) is 12.4 Å². The molecule has 4 N–H and O–H groups in total. The molecular formula is C16H16ClFN6O2. The second kappa shape index (κ2) is 7.04. The van der Waals surface area contributed by atoms with Gasteiger partial charge in [0.2, 0.25) is 0 Å². The van der Waals surface area contributed by atoms with Crippen molar-refractivity contribution in [3.8, 4) is 5.75 Å². The number of hydrogen-bond acceptors (Lipinski definition) is 6. The van der Waals surface area contributed by atoms with E-state index in [2.05, 4.69) is 20.6 Å². The van der Waals surface area contributed by atoms with E-state index in [-0.39, 0.29) is 16.9 Å². The first-order valence-electron chi connectivity index (χ1n) is 7.56. The zero-order valence-corrected chi connectivity index (χ0v) is 14.7. The fourth-order valence-corrected chi connectivity index (χ4v) is 2.89. The molecule has 0 radical (unpaired) electrons. The van der Waals surface area contributed by atoms with Crippen LogP contribution in [0.2, 0.25) is 5.02 Å². The lowest BCUT2D eigenvalue weighted by molar-refractivity contribution is 0.318. The zero-order chi connectivity index (χ0) is 18.8. The third-order valence-electron chi connectivity index (χ3n) is 3.82. The maximum Gasteiger partial charge on any atom is 0.175 e. The van der Waals surface area contributed by atoms with Crippen LogP contribution in [0, 0.1) is 5.82 Å². The highest BCUT2D eigenvalue weighted by Gasteiger charge is 2.18. The minimum atomic E-state index is -0.465. The summed E-state index contributed by atoms with van der Waals surface area (Å²) in [6.45, 7) is 1.82. The number of nitrogens with two attached hydrogens (primary N) is 1. The molecule has 0 aliphatic carbocycles. The summed E-state index contributed by atoms with van der Waals surface area (Å²) in [6.07, 6.45) is 3.11. The topological polar surface area (TPSA) is 110 Å². The number of hydrogen-bond donors (Lipinski definition) is 3. The molecule has 0 saturated carbocycles. The van der Waals surface area contributed by atoms with Crippen molar-refractivity contribution < 1.29 is 14.3 Å². The Labute approximate surface area is 153 Å².